The molecule has 0 saturated carbocycles. The zero-order valence-electron chi connectivity index (χ0n) is 4.57. The van der Waals surface area contributed by atoms with Gasteiger partial charge in [-0.15, -0.1) is 0 Å². The van der Waals surface area contributed by atoms with Crippen LogP contribution in [0.5, 0.6) is 0 Å². The van der Waals surface area contributed by atoms with E-state index in [0.29, 0.717) is 0 Å². The predicted octanol–water partition coefficient (Wildman–Crippen LogP) is 0.915. The molecule has 52 valence electrons. The zero-order valence-corrected chi connectivity index (χ0v) is 4.57. The minimum absolute atomic E-state index is 0.0481. The van der Waals surface area contributed by atoms with Gasteiger partial charge in [0, 0.05) is 0 Å². The third kappa shape index (κ3) is 7.04. The average Bonchev–Trinajstić information content (AvgIpc) is 1.59. The second-order valence-electron chi connectivity index (χ2n) is 1.31. The number of nitrogens with zero attached hydrogens (tertiary/aromatic N) is 1. The molecule has 9 heavy (non-hydrogen) atoms. The number of halogens is 3. The lowest BCUT2D eigenvalue weighted by atomic mass is 10.6. The SMILES string of the molecule is C[N+]([O-])=C=CC(F)(F)F. The molecule has 0 aromatic rings. The van der Waals surface area contributed by atoms with Crippen molar-refractivity contribution in [1.29, 1.82) is 0 Å². The average molecular weight is 139 g/mol. The molecular weight excluding hydrogens is 135 g/mol. The standard InChI is InChI=1S/C4H4F3NO/c1-8(9)3-2-4(5,6)7/h2H,1H3. The van der Waals surface area contributed by atoms with E-state index in [0.717, 1.165) is 7.05 Å². The van der Waals surface area contributed by atoms with Gasteiger partial charge < -0.3 is 5.21 Å². The Kier molecular flexibility index (Phi) is 2.28. The second-order valence-corrected chi connectivity index (χ2v) is 1.31. The van der Waals surface area contributed by atoms with Crippen LogP contribution in [-0.2, 0) is 0 Å². The Balaban J connectivity index is 4.17. The molecule has 0 aliphatic heterocycles. The molecular formula is C4H4F3NO. The summed E-state index contributed by atoms with van der Waals surface area (Å²) in [7, 11) is 0.919. The van der Waals surface area contributed by atoms with Crippen LogP contribution in [0.15, 0.2) is 6.08 Å². The first-order valence-corrected chi connectivity index (χ1v) is 2.00. The summed E-state index contributed by atoms with van der Waals surface area (Å²) < 4.78 is 33.3. The molecule has 0 amide bonds. The van der Waals surface area contributed by atoms with E-state index in [1.165, 1.54) is 5.87 Å². The van der Waals surface area contributed by atoms with E-state index in [1.54, 1.807) is 0 Å². The van der Waals surface area contributed by atoms with E-state index in [9.17, 15) is 18.4 Å². The Bertz CT molecular complexity index is 150. The lowest BCUT2D eigenvalue weighted by molar-refractivity contribution is -0.414. The van der Waals surface area contributed by atoms with Gasteiger partial charge in [0.1, 0.15) is 6.08 Å². The smallest absolute Gasteiger partial charge is 0.422 e. The molecule has 0 aromatic heterocycles. The molecule has 0 aromatic carbocycles. The van der Waals surface area contributed by atoms with Crippen molar-refractivity contribution in [3.63, 3.8) is 0 Å². The first-order valence-electron chi connectivity index (χ1n) is 2.00. The monoisotopic (exact) mass is 139 g/mol. The fourth-order valence-corrected chi connectivity index (χ4v) is 0.164. The minimum atomic E-state index is -4.45. The quantitative estimate of drug-likeness (QED) is 0.212. The van der Waals surface area contributed by atoms with E-state index < -0.39 is 6.18 Å². The van der Waals surface area contributed by atoms with Crippen molar-refractivity contribution in [3.05, 3.63) is 11.3 Å². The van der Waals surface area contributed by atoms with Gasteiger partial charge in [-0.25, -0.2) is 0 Å². The van der Waals surface area contributed by atoms with E-state index >= 15 is 0 Å². The summed E-state index contributed by atoms with van der Waals surface area (Å²) in [5.41, 5.74) is 0. The number of allylic oxidation sites excluding steroid dienone is 1. The molecule has 0 N–H and O–H groups in total. The minimum Gasteiger partial charge on any atom is -0.615 e. The Morgan fingerprint density at radius 3 is 2.11 bits per heavy atom. The maximum atomic E-state index is 11.1. The first-order chi connectivity index (χ1) is 3.92. The molecule has 5 heteroatoms. The fourth-order valence-electron chi connectivity index (χ4n) is 0.164. The Morgan fingerprint density at radius 1 is 1.56 bits per heavy atom. The molecule has 0 aliphatic rings. The number of hydrogen-bond donors (Lipinski definition) is 0. The summed E-state index contributed by atoms with van der Waals surface area (Å²) in [5, 5.41) is 9.76. The molecule has 2 nitrogen and oxygen atoms in total. The van der Waals surface area contributed by atoms with Crippen LogP contribution < -0.4 is 0 Å². The number of rotatable bonds is 0. The molecule has 0 fully saturated rings. The van der Waals surface area contributed by atoms with E-state index in [1.807, 2.05) is 0 Å². The van der Waals surface area contributed by atoms with Crippen LogP contribution in [0.2, 0.25) is 0 Å². The van der Waals surface area contributed by atoms with Crippen molar-refractivity contribution in [1.82, 2.24) is 0 Å². The molecule has 0 radical (unpaired) electrons. The van der Waals surface area contributed by atoms with Crippen molar-refractivity contribution >= 4 is 5.87 Å². The maximum absolute atomic E-state index is 11.1. The predicted molar refractivity (Wildman–Crippen MR) is 25.2 cm³/mol. The molecule has 0 atom stereocenters. The molecule has 0 unspecified atom stereocenters. The van der Waals surface area contributed by atoms with E-state index in [-0.39, 0.29) is 10.8 Å². The van der Waals surface area contributed by atoms with Gasteiger partial charge in [0.15, 0.2) is 12.9 Å². The topological polar surface area (TPSA) is 26.1 Å². The second kappa shape index (κ2) is 2.55. The first kappa shape index (κ1) is 8.04. The van der Waals surface area contributed by atoms with Gasteiger partial charge >= 0.3 is 6.18 Å². The number of hydroxylamine groups is 1. The number of hydrogen-bond acceptors (Lipinski definition) is 1. The van der Waals surface area contributed by atoms with Gasteiger partial charge in [0.25, 0.3) is 0 Å². The summed E-state index contributed by atoms with van der Waals surface area (Å²) in [6.07, 6.45) is -4.70. The van der Waals surface area contributed by atoms with Gasteiger partial charge in [0.2, 0.25) is 0 Å². The maximum Gasteiger partial charge on any atom is 0.422 e. The molecule has 0 saturated heterocycles. The highest BCUT2D eigenvalue weighted by atomic mass is 19.4. The molecule has 0 bridgehead atoms. The molecule has 0 aliphatic carbocycles. The van der Waals surface area contributed by atoms with Crippen LogP contribution in [-0.4, -0.2) is 23.8 Å². The van der Waals surface area contributed by atoms with E-state index in [4.69, 9.17) is 0 Å². The summed E-state index contributed by atoms with van der Waals surface area (Å²) in [6.45, 7) is 0. The lowest BCUT2D eigenvalue weighted by Crippen LogP contribution is -2.03. The van der Waals surface area contributed by atoms with Crippen LogP contribution in [0.1, 0.15) is 0 Å². The van der Waals surface area contributed by atoms with Crippen molar-refractivity contribution in [2.24, 2.45) is 0 Å². The Morgan fingerprint density at radius 2 is 2.00 bits per heavy atom. The van der Waals surface area contributed by atoms with Crippen LogP contribution in [0.4, 0.5) is 13.2 Å². The summed E-state index contributed by atoms with van der Waals surface area (Å²) in [6, 6.07) is 0. The van der Waals surface area contributed by atoms with Crippen molar-refractivity contribution < 1.29 is 17.9 Å². The van der Waals surface area contributed by atoms with Crippen LogP contribution in [0.25, 0.3) is 0 Å². The third-order valence-corrected chi connectivity index (χ3v) is 0.410. The molecule has 0 heterocycles. The highest BCUT2D eigenvalue weighted by Crippen LogP contribution is 2.13. The lowest BCUT2D eigenvalue weighted by Gasteiger charge is -1.92. The third-order valence-electron chi connectivity index (χ3n) is 0.410. The summed E-state index contributed by atoms with van der Waals surface area (Å²) in [4.78, 5) is 0. The van der Waals surface area contributed by atoms with Gasteiger partial charge in [-0.05, 0) is 0 Å². The van der Waals surface area contributed by atoms with Crippen molar-refractivity contribution in [2.45, 2.75) is 6.18 Å². The summed E-state index contributed by atoms with van der Waals surface area (Å²) in [5.74, 6) is 1.41. The van der Waals surface area contributed by atoms with Crippen LogP contribution in [0.3, 0.4) is 0 Å². The van der Waals surface area contributed by atoms with Crippen LogP contribution >= 0.6 is 0 Å². The molecule has 0 rings (SSSR count). The van der Waals surface area contributed by atoms with E-state index in [2.05, 4.69) is 0 Å². The Hall–Kier alpha value is -0.960. The largest absolute Gasteiger partial charge is 0.615 e. The highest BCUT2D eigenvalue weighted by molar-refractivity contribution is 5.47. The highest BCUT2D eigenvalue weighted by Gasteiger charge is 2.23. The Labute approximate surface area is 49.5 Å². The van der Waals surface area contributed by atoms with Gasteiger partial charge in [-0.1, -0.05) is 0 Å². The van der Waals surface area contributed by atoms with Gasteiger partial charge in [-0.2, -0.15) is 17.9 Å². The normalized spacial score (nSPS) is 10.2. The van der Waals surface area contributed by atoms with Gasteiger partial charge in [0.05, 0.1) is 0 Å². The summed E-state index contributed by atoms with van der Waals surface area (Å²) >= 11 is 0. The molecule has 0 spiro atoms. The number of alkyl halides is 3. The van der Waals surface area contributed by atoms with Crippen molar-refractivity contribution in [2.75, 3.05) is 7.05 Å². The fraction of sp³-hybridized carbons (Fsp3) is 0.500. The van der Waals surface area contributed by atoms with Gasteiger partial charge in [-0.3, -0.25) is 0 Å². The van der Waals surface area contributed by atoms with Crippen LogP contribution in [0, 0.1) is 5.21 Å². The van der Waals surface area contributed by atoms with Crippen molar-refractivity contribution in [3.8, 4) is 0 Å². The zero-order chi connectivity index (χ0) is 7.49.